The molecule has 4 rings (SSSR count). The number of benzene rings is 2. The molecule has 0 aliphatic carbocycles. The van der Waals surface area contributed by atoms with Crippen molar-refractivity contribution >= 4 is 21.8 Å². The topological polar surface area (TPSA) is 48.4 Å². The summed E-state index contributed by atoms with van der Waals surface area (Å²) in [5, 5.41) is 13.1. The van der Waals surface area contributed by atoms with E-state index in [-0.39, 0.29) is 0 Å². The highest BCUT2D eigenvalue weighted by atomic mass is 15.3. The number of H-pyrrole nitrogens is 2. The van der Waals surface area contributed by atoms with E-state index in [0.29, 0.717) is 11.8 Å². The molecule has 0 amide bonds. The zero-order chi connectivity index (χ0) is 16.7. The molecule has 0 aliphatic rings. The third kappa shape index (κ3) is 2.68. The lowest BCUT2D eigenvalue weighted by atomic mass is 10.0. The van der Waals surface area contributed by atoms with Gasteiger partial charge in [0.05, 0.1) is 17.1 Å². The van der Waals surface area contributed by atoms with Crippen LogP contribution in [0.2, 0.25) is 0 Å². The molecule has 0 bridgehead atoms. The molecule has 0 saturated carbocycles. The van der Waals surface area contributed by atoms with Gasteiger partial charge in [0.2, 0.25) is 6.20 Å². The first-order valence-electron chi connectivity index (χ1n) is 8.55. The van der Waals surface area contributed by atoms with E-state index in [2.05, 4.69) is 83.3 Å². The Morgan fingerprint density at radius 2 is 1.79 bits per heavy atom. The summed E-state index contributed by atoms with van der Waals surface area (Å²) in [7, 11) is 0. The van der Waals surface area contributed by atoms with Gasteiger partial charge in [-0.25, -0.2) is 0 Å². The highest BCUT2D eigenvalue weighted by Gasteiger charge is 2.16. The lowest BCUT2D eigenvalue weighted by Crippen LogP contribution is -2.37. The number of aromatic nitrogens is 4. The van der Waals surface area contributed by atoms with Gasteiger partial charge in [-0.15, -0.1) is 4.68 Å². The number of hydrogen-bond donors (Lipinski definition) is 2. The summed E-state index contributed by atoms with van der Waals surface area (Å²) >= 11 is 0. The second kappa shape index (κ2) is 5.78. The van der Waals surface area contributed by atoms with Gasteiger partial charge in [0.1, 0.15) is 5.52 Å². The minimum atomic E-state index is 0.417. The molecule has 24 heavy (non-hydrogen) atoms. The number of fused-ring (bicyclic) bond motifs is 2. The van der Waals surface area contributed by atoms with Gasteiger partial charge in [0, 0.05) is 11.3 Å². The van der Waals surface area contributed by atoms with Gasteiger partial charge >= 0.3 is 0 Å². The zero-order valence-electron chi connectivity index (χ0n) is 14.4. The van der Waals surface area contributed by atoms with Crippen LogP contribution in [0.15, 0.2) is 48.8 Å². The van der Waals surface area contributed by atoms with Crippen LogP contribution in [0.25, 0.3) is 21.8 Å². The van der Waals surface area contributed by atoms with E-state index in [1.165, 1.54) is 22.0 Å². The summed E-state index contributed by atoms with van der Waals surface area (Å²) in [6.07, 6.45) is 4.08. The molecular formula is C20H23N4+. The molecule has 0 saturated heterocycles. The van der Waals surface area contributed by atoms with Crippen LogP contribution in [-0.2, 0) is 6.54 Å². The van der Waals surface area contributed by atoms with E-state index in [1.807, 2.05) is 6.20 Å². The number of rotatable bonds is 4. The summed E-state index contributed by atoms with van der Waals surface area (Å²) in [5.74, 6) is 0.970. The maximum absolute atomic E-state index is 4.10. The minimum absolute atomic E-state index is 0.417. The number of aromatic amines is 2. The van der Waals surface area contributed by atoms with Crippen LogP contribution in [-0.4, -0.2) is 15.3 Å². The molecule has 4 aromatic rings. The number of hydrogen-bond acceptors (Lipinski definition) is 1. The smallest absolute Gasteiger partial charge is 0.203 e. The fourth-order valence-corrected chi connectivity index (χ4v) is 3.26. The number of nitrogens with zero attached hydrogens (tertiary/aromatic N) is 2. The van der Waals surface area contributed by atoms with Gasteiger partial charge < -0.3 is 0 Å². The van der Waals surface area contributed by atoms with Gasteiger partial charge in [-0.05, 0) is 35.2 Å². The van der Waals surface area contributed by atoms with Crippen molar-refractivity contribution in [1.29, 1.82) is 0 Å². The molecule has 2 aromatic heterocycles. The second-order valence-corrected chi connectivity index (χ2v) is 7.01. The molecule has 1 atom stereocenters. The van der Waals surface area contributed by atoms with E-state index in [0.717, 1.165) is 17.4 Å². The molecule has 4 nitrogen and oxygen atoms in total. The Balaban J connectivity index is 1.60. The highest BCUT2D eigenvalue weighted by molar-refractivity contribution is 5.78. The van der Waals surface area contributed by atoms with Crippen LogP contribution in [0.3, 0.4) is 0 Å². The van der Waals surface area contributed by atoms with E-state index in [9.17, 15) is 0 Å². The fraction of sp³-hybridized carbons (Fsp3) is 0.300. The van der Waals surface area contributed by atoms with Crippen LogP contribution >= 0.6 is 0 Å². The molecule has 0 spiro atoms. The normalized spacial score (nSPS) is 13.2. The maximum atomic E-state index is 4.10. The van der Waals surface area contributed by atoms with E-state index < -0.39 is 0 Å². The fourth-order valence-electron chi connectivity index (χ4n) is 3.26. The number of nitrogens with one attached hydrogen (secondary N) is 2. The van der Waals surface area contributed by atoms with Crippen LogP contribution < -0.4 is 4.68 Å². The third-order valence-corrected chi connectivity index (χ3v) is 4.81. The van der Waals surface area contributed by atoms with Crippen molar-refractivity contribution < 1.29 is 4.68 Å². The van der Waals surface area contributed by atoms with Crippen molar-refractivity contribution in [2.45, 2.75) is 39.2 Å². The Morgan fingerprint density at radius 3 is 2.62 bits per heavy atom. The summed E-state index contributed by atoms with van der Waals surface area (Å²) in [6, 6.07) is 13.2. The molecule has 4 heteroatoms. The lowest BCUT2D eigenvalue weighted by Gasteiger charge is -2.07. The molecule has 0 fully saturated rings. The molecular weight excluding hydrogens is 296 g/mol. The Labute approximate surface area is 141 Å². The van der Waals surface area contributed by atoms with Gasteiger partial charge in [-0.1, -0.05) is 39.0 Å². The van der Waals surface area contributed by atoms with Gasteiger partial charge in [-0.3, -0.25) is 5.10 Å². The SMILES string of the molecule is CC(C)c1ccc2[nH][n+](CC(C)c3ccc4cn[nH]c4c3)cc2c1. The summed E-state index contributed by atoms with van der Waals surface area (Å²) < 4.78 is 2.19. The molecule has 122 valence electrons. The van der Waals surface area contributed by atoms with Crippen molar-refractivity contribution in [2.75, 3.05) is 0 Å². The summed E-state index contributed by atoms with van der Waals surface area (Å²) in [5.41, 5.74) is 4.99. The van der Waals surface area contributed by atoms with Crippen molar-refractivity contribution in [3.05, 3.63) is 59.9 Å². The molecule has 2 N–H and O–H groups in total. The van der Waals surface area contributed by atoms with Crippen molar-refractivity contribution in [3.8, 4) is 0 Å². The second-order valence-electron chi connectivity index (χ2n) is 7.01. The summed E-state index contributed by atoms with van der Waals surface area (Å²) in [6.45, 7) is 7.64. The largest absolute Gasteiger partial charge is 0.278 e. The van der Waals surface area contributed by atoms with Crippen LogP contribution in [0.5, 0.6) is 0 Å². The van der Waals surface area contributed by atoms with E-state index in [1.54, 1.807) is 0 Å². The van der Waals surface area contributed by atoms with Crippen LogP contribution in [0, 0.1) is 0 Å². The lowest BCUT2D eigenvalue weighted by molar-refractivity contribution is -0.750. The Hall–Kier alpha value is -2.62. The predicted octanol–water partition coefficient (Wildman–Crippen LogP) is 4.26. The Kier molecular flexibility index (Phi) is 3.60. The first kappa shape index (κ1) is 14.9. The highest BCUT2D eigenvalue weighted by Crippen LogP contribution is 2.22. The van der Waals surface area contributed by atoms with E-state index in [4.69, 9.17) is 0 Å². The maximum Gasteiger partial charge on any atom is 0.203 e. The first-order valence-corrected chi connectivity index (χ1v) is 8.55. The first-order chi connectivity index (χ1) is 11.6. The van der Waals surface area contributed by atoms with Crippen molar-refractivity contribution in [3.63, 3.8) is 0 Å². The van der Waals surface area contributed by atoms with Gasteiger partial charge in [-0.2, -0.15) is 10.2 Å². The molecule has 1 unspecified atom stereocenters. The molecule has 0 radical (unpaired) electrons. The van der Waals surface area contributed by atoms with Crippen LogP contribution in [0.1, 0.15) is 43.7 Å². The average molecular weight is 319 g/mol. The third-order valence-electron chi connectivity index (χ3n) is 4.81. The van der Waals surface area contributed by atoms with Gasteiger partial charge in [0.15, 0.2) is 6.54 Å². The quantitative estimate of drug-likeness (QED) is 0.543. The van der Waals surface area contributed by atoms with E-state index >= 15 is 0 Å². The zero-order valence-corrected chi connectivity index (χ0v) is 14.4. The molecule has 2 aromatic carbocycles. The standard InChI is InChI=1S/C20H22N4/c1-13(2)15-6-7-19-18(8-15)12-24(23-19)11-14(3)16-4-5-17-10-21-22-20(17)9-16/h4-10,12-14H,11H2,1-3H3,(H,21,22)/p+1. The minimum Gasteiger partial charge on any atom is -0.278 e. The van der Waals surface area contributed by atoms with Crippen molar-refractivity contribution in [1.82, 2.24) is 15.3 Å². The van der Waals surface area contributed by atoms with Crippen LogP contribution in [0.4, 0.5) is 0 Å². The van der Waals surface area contributed by atoms with Gasteiger partial charge in [0.25, 0.3) is 0 Å². The van der Waals surface area contributed by atoms with Crippen molar-refractivity contribution in [2.24, 2.45) is 0 Å². The Morgan fingerprint density at radius 1 is 0.958 bits per heavy atom. The Bertz CT molecular complexity index is 993. The summed E-state index contributed by atoms with van der Waals surface area (Å²) in [4.78, 5) is 0. The molecule has 2 heterocycles. The predicted molar refractivity (Wildman–Crippen MR) is 97.1 cm³/mol. The molecule has 0 aliphatic heterocycles. The average Bonchev–Trinajstić information content (AvgIpc) is 3.18. The monoisotopic (exact) mass is 319 g/mol.